The van der Waals surface area contributed by atoms with Gasteiger partial charge in [-0.15, -0.1) is 16.4 Å². The quantitative estimate of drug-likeness (QED) is 0.0410. The summed E-state index contributed by atoms with van der Waals surface area (Å²) in [5, 5.41) is 0. The van der Waals surface area contributed by atoms with Crippen LogP contribution in [0.4, 0.5) is 65.9 Å². The Bertz CT molecular complexity index is 1430. The third-order valence-corrected chi connectivity index (χ3v) is 8.38. The van der Waals surface area contributed by atoms with Crippen LogP contribution in [0.3, 0.4) is 0 Å². The lowest BCUT2D eigenvalue weighted by atomic mass is 9.13. The van der Waals surface area contributed by atoms with Crippen molar-refractivity contribution in [2.75, 3.05) is 27.7 Å². The van der Waals surface area contributed by atoms with E-state index in [2.05, 4.69) is 28.1 Å². The van der Waals surface area contributed by atoms with Crippen molar-refractivity contribution in [1.29, 1.82) is 0 Å². The molecule has 0 radical (unpaired) electrons. The molecule has 0 aliphatic carbocycles. The summed E-state index contributed by atoms with van der Waals surface area (Å²) >= 11 is 0. The molecular formula is C33H35BF15N. The van der Waals surface area contributed by atoms with Crippen molar-refractivity contribution in [3.05, 3.63) is 87.3 Å². The fourth-order valence-corrected chi connectivity index (χ4v) is 5.91. The highest BCUT2D eigenvalue weighted by Gasteiger charge is 2.47. The molecule has 0 atom stereocenters. The SMILES string of the molecule is CCCCCCCC[N+](C)(C)C.CCCC[B-](c1c(F)c(F)c(F)c(F)c1F)(c1c(F)c(F)c(F)c(F)c1F)c1c(F)c(F)c(F)c(F)c1F. The van der Waals surface area contributed by atoms with Crippen LogP contribution in [0.5, 0.6) is 0 Å². The smallest absolute Gasteiger partial charge is 0.200 e. The van der Waals surface area contributed by atoms with Gasteiger partial charge in [0.1, 0.15) is 41.0 Å². The fraction of sp³-hybridized carbons (Fsp3) is 0.455. The predicted molar refractivity (Wildman–Crippen MR) is 159 cm³/mol. The molecule has 3 rings (SSSR count). The minimum absolute atomic E-state index is 0.316. The molecule has 0 bridgehead atoms. The Morgan fingerprint density at radius 2 is 0.580 bits per heavy atom. The third kappa shape index (κ3) is 8.39. The number of halogens is 15. The molecular weight excluding hydrogens is 706 g/mol. The molecule has 0 heterocycles. The van der Waals surface area contributed by atoms with E-state index in [0.717, 1.165) is 4.48 Å². The Balaban J connectivity index is 0.000000616. The van der Waals surface area contributed by atoms with Crippen LogP contribution in [0.1, 0.15) is 65.2 Å². The summed E-state index contributed by atoms with van der Waals surface area (Å²) in [6.07, 6.45) is 0.333. The van der Waals surface area contributed by atoms with Crippen molar-refractivity contribution in [3.63, 3.8) is 0 Å². The van der Waals surface area contributed by atoms with Gasteiger partial charge in [-0.25, -0.2) is 65.9 Å². The van der Waals surface area contributed by atoms with E-state index < -0.39 is 123 Å². The zero-order valence-corrected chi connectivity index (χ0v) is 27.8. The summed E-state index contributed by atoms with van der Waals surface area (Å²) in [6.45, 7) is 4.77. The molecule has 0 saturated heterocycles. The largest absolute Gasteiger partial charge is 0.331 e. The van der Waals surface area contributed by atoms with Gasteiger partial charge in [-0.3, -0.25) is 0 Å². The van der Waals surface area contributed by atoms with Gasteiger partial charge in [0, 0.05) is 0 Å². The highest BCUT2D eigenvalue weighted by atomic mass is 19.2. The Kier molecular flexibility index (Phi) is 14.8. The van der Waals surface area contributed by atoms with Gasteiger partial charge in [0.05, 0.1) is 27.7 Å². The maximum absolute atomic E-state index is 15.1. The number of nitrogens with zero attached hydrogens (tertiary/aromatic N) is 1. The van der Waals surface area contributed by atoms with E-state index in [1.54, 1.807) is 0 Å². The maximum Gasteiger partial charge on any atom is 0.200 e. The first-order valence-electron chi connectivity index (χ1n) is 15.7. The summed E-state index contributed by atoms with van der Waals surface area (Å²) in [5.74, 6) is -44.7. The van der Waals surface area contributed by atoms with Crippen LogP contribution in [0.25, 0.3) is 0 Å². The van der Waals surface area contributed by atoms with Gasteiger partial charge in [0.2, 0.25) is 0 Å². The Hall–Kier alpha value is -3.37. The molecule has 1 nitrogen and oxygen atoms in total. The van der Waals surface area contributed by atoms with E-state index in [1.807, 2.05) is 0 Å². The first-order valence-corrected chi connectivity index (χ1v) is 15.7. The highest BCUT2D eigenvalue weighted by Crippen LogP contribution is 2.30. The van der Waals surface area contributed by atoms with Gasteiger partial charge in [-0.05, 0) is 12.8 Å². The lowest BCUT2D eigenvalue weighted by molar-refractivity contribution is -0.870. The lowest BCUT2D eigenvalue weighted by Gasteiger charge is -2.44. The van der Waals surface area contributed by atoms with Crippen LogP contribution in [0.2, 0.25) is 6.32 Å². The van der Waals surface area contributed by atoms with Gasteiger partial charge in [0.25, 0.3) is 0 Å². The van der Waals surface area contributed by atoms with Gasteiger partial charge < -0.3 is 4.48 Å². The van der Waals surface area contributed by atoms with Gasteiger partial charge in [0.15, 0.2) is 52.4 Å². The molecule has 0 N–H and O–H groups in total. The van der Waals surface area contributed by atoms with Gasteiger partial charge >= 0.3 is 0 Å². The second-order valence-corrected chi connectivity index (χ2v) is 12.9. The Morgan fingerprint density at radius 3 is 0.840 bits per heavy atom. The topological polar surface area (TPSA) is 0 Å². The van der Waals surface area contributed by atoms with E-state index in [0.29, 0.717) is 0 Å². The Morgan fingerprint density at radius 1 is 0.340 bits per heavy atom. The predicted octanol–water partition coefficient (Wildman–Crippen LogP) is 9.10. The summed E-state index contributed by atoms with van der Waals surface area (Å²) in [5.41, 5.74) is -7.70. The molecule has 0 unspecified atom stereocenters. The fourth-order valence-electron chi connectivity index (χ4n) is 5.91. The molecule has 17 heteroatoms. The van der Waals surface area contributed by atoms with Gasteiger partial charge in [-0.2, -0.15) is 6.32 Å². The lowest BCUT2D eigenvalue weighted by Crippen LogP contribution is -2.73. The first kappa shape index (κ1) is 42.8. The normalized spacial score (nSPS) is 12.0. The molecule has 280 valence electrons. The van der Waals surface area contributed by atoms with Gasteiger partial charge in [-0.1, -0.05) is 52.4 Å². The number of hydrogen-bond acceptors (Lipinski definition) is 0. The van der Waals surface area contributed by atoms with Crippen LogP contribution in [0, 0.1) is 87.3 Å². The molecule has 50 heavy (non-hydrogen) atoms. The minimum Gasteiger partial charge on any atom is -0.331 e. The zero-order chi connectivity index (χ0) is 38.5. The molecule has 0 aromatic heterocycles. The molecule has 3 aromatic carbocycles. The van der Waals surface area contributed by atoms with Crippen LogP contribution < -0.4 is 16.4 Å². The molecule has 0 fully saturated rings. The second-order valence-electron chi connectivity index (χ2n) is 12.9. The third-order valence-electron chi connectivity index (χ3n) is 8.38. The van der Waals surface area contributed by atoms with Crippen molar-refractivity contribution in [1.82, 2.24) is 0 Å². The average molecular weight is 741 g/mol. The second kappa shape index (κ2) is 17.2. The van der Waals surface area contributed by atoms with Crippen LogP contribution in [0.15, 0.2) is 0 Å². The van der Waals surface area contributed by atoms with Crippen LogP contribution in [-0.4, -0.2) is 38.3 Å². The summed E-state index contributed by atoms with van der Waals surface area (Å²) < 4.78 is 218. The van der Waals surface area contributed by atoms with Crippen LogP contribution >= 0.6 is 0 Å². The maximum atomic E-state index is 15.1. The van der Waals surface area contributed by atoms with Crippen molar-refractivity contribution in [2.24, 2.45) is 0 Å². The molecule has 0 saturated carbocycles. The van der Waals surface area contributed by atoms with Crippen molar-refractivity contribution in [3.8, 4) is 0 Å². The van der Waals surface area contributed by atoms with E-state index in [9.17, 15) is 39.5 Å². The number of unbranched alkanes of at least 4 members (excludes halogenated alkanes) is 6. The van der Waals surface area contributed by atoms with E-state index in [4.69, 9.17) is 0 Å². The molecule has 0 amide bonds. The summed E-state index contributed by atoms with van der Waals surface area (Å²) in [6, 6.07) is 0. The number of hydrogen-bond donors (Lipinski definition) is 0. The zero-order valence-electron chi connectivity index (χ0n) is 27.8. The highest BCUT2D eigenvalue weighted by molar-refractivity contribution is 7.11. The van der Waals surface area contributed by atoms with E-state index in [-0.39, 0.29) is 6.42 Å². The van der Waals surface area contributed by atoms with E-state index in [1.165, 1.54) is 52.0 Å². The summed E-state index contributed by atoms with van der Waals surface area (Å²) in [4.78, 5) is 0. The van der Waals surface area contributed by atoms with Crippen molar-refractivity contribution in [2.45, 2.75) is 71.5 Å². The number of quaternary nitrogens is 1. The molecule has 0 spiro atoms. The number of rotatable bonds is 13. The first-order chi connectivity index (χ1) is 23.1. The monoisotopic (exact) mass is 741 g/mol. The van der Waals surface area contributed by atoms with Crippen molar-refractivity contribution < 1.29 is 70.3 Å². The molecule has 0 aliphatic heterocycles. The minimum atomic E-state index is -5.41. The molecule has 0 aliphatic rings. The summed E-state index contributed by atoms with van der Waals surface area (Å²) in [7, 11) is 6.81. The van der Waals surface area contributed by atoms with Crippen LogP contribution in [-0.2, 0) is 0 Å². The standard InChI is InChI=1S/C22H9BF15.C11H26N/c1-2-3-4-23(5-8(24)14(30)20(36)15(31)9(5)25,6-10(26)16(32)21(37)17(33)11(6)27)7-12(28)18(34)22(38)19(35)13(7)29;1-5-6-7-8-9-10-11-12(2,3)4/h2-4H2,1H3;5-11H2,1-4H3/q-1;+1. The average Bonchev–Trinajstić information content (AvgIpc) is 3.06. The molecule has 3 aromatic rings. The van der Waals surface area contributed by atoms with E-state index >= 15 is 26.3 Å². The Labute approximate surface area is 279 Å². The number of benzene rings is 3. The van der Waals surface area contributed by atoms with Crippen molar-refractivity contribution >= 4 is 22.5 Å².